The number of hydrogen-bond donors (Lipinski definition) is 2. The fourth-order valence-corrected chi connectivity index (χ4v) is 2.25. The number of hydrogen-bond acceptors (Lipinski definition) is 3. The van der Waals surface area contributed by atoms with Gasteiger partial charge in [0.05, 0.1) is 7.11 Å². The van der Waals surface area contributed by atoms with Crippen LogP contribution in [-0.4, -0.2) is 39.3 Å². The molecule has 0 heterocycles. The summed E-state index contributed by atoms with van der Waals surface area (Å²) in [5, 5.41) is 6.46. The van der Waals surface area contributed by atoms with Gasteiger partial charge in [-0.15, -0.1) is 0 Å². The number of alkyl halides is 2. The van der Waals surface area contributed by atoms with Crippen molar-refractivity contribution in [2.75, 3.05) is 26.7 Å². The molecule has 134 valence electrons. The first-order valence-electron chi connectivity index (χ1n) is 8.26. The number of ether oxygens (including phenoxy) is 2. The van der Waals surface area contributed by atoms with Gasteiger partial charge in [-0.3, -0.25) is 4.99 Å². The van der Waals surface area contributed by atoms with Gasteiger partial charge in [-0.25, -0.2) is 0 Å². The molecule has 1 aliphatic carbocycles. The Labute approximate surface area is 141 Å². The van der Waals surface area contributed by atoms with E-state index < -0.39 is 6.61 Å². The molecule has 0 amide bonds. The minimum atomic E-state index is -2.87. The average molecular weight is 341 g/mol. The van der Waals surface area contributed by atoms with Crippen molar-refractivity contribution in [1.82, 2.24) is 10.6 Å². The maximum Gasteiger partial charge on any atom is 0.387 e. The lowest BCUT2D eigenvalue weighted by molar-refractivity contribution is -0.0512. The summed E-state index contributed by atoms with van der Waals surface area (Å²) in [6.07, 6.45) is 3.20. The van der Waals surface area contributed by atoms with Crippen molar-refractivity contribution in [2.45, 2.75) is 32.8 Å². The molecule has 0 bridgehead atoms. The first kappa shape index (κ1) is 18.3. The normalized spacial score (nSPS) is 14.6. The Bertz CT molecular complexity index is 549. The number of guanidine groups is 1. The van der Waals surface area contributed by atoms with Gasteiger partial charge in [0.1, 0.15) is 0 Å². The van der Waals surface area contributed by atoms with Crippen LogP contribution >= 0.6 is 0 Å². The van der Waals surface area contributed by atoms with Crippen LogP contribution in [0.3, 0.4) is 0 Å². The maximum atomic E-state index is 12.5. The van der Waals surface area contributed by atoms with Gasteiger partial charge in [0.15, 0.2) is 17.5 Å². The summed E-state index contributed by atoms with van der Waals surface area (Å²) in [6, 6.07) is 5.06. The highest BCUT2D eigenvalue weighted by Gasteiger charge is 2.20. The van der Waals surface area contributed by atoms with Crippen LogP contribution in [0.1, 0.15) is 25.3 Å². The van der Waals surface area contributed by atoms with Crippen LogP contribution in [0.15, 0.2) is 23.2 Å². The van der Waals surface area contributed by atoms with E-state index in [4.69, 9.17) is 4.74 Å². The van der Waals surface area contributed by atoms with Crippen molar-refractivity contribution in [3.63, 3.8) is 0 Å². The molecule has 5 nitrogen and oxygen atoms in total. The van der Waals surface area contributed by atoms with Gasteiger partial charge in [-0.05, 0) is 49.8 Å². The van der Waals surface area contributed by atoms with Crippen LogP contribution in [0.25, 0.3) is 0 Å². The number of nitrogens with zero attached hydrogens (tertiary/aromatic N) is 1. The van der Waals surface area contributed by atoms with E-state index in [1.54, 1.807) is 12.1 Å². The van der Waals surface area contributed by atoms with Crippen molar-refractivity contribution in [3.8, 4) is 11.5 Å². The zero-order valence-electron chi connectivity index (χ0n) is 14.1. The van der Waals surface area contributed by atoms with E-state index in [2.05, 4.69) is 20.4 Å². The van der Waals surface area contributed by atoms with Gasteiger partial charge in [-0.2, -0.15) is 8.78 Å². The van der Waals surface area contributed by atoms with E-state index in [0.717, 1.165) is 30.5 Å². The minimum Gasteiger partial charge on any atom is -0.493 e. The second-order valence-electron chi connectivity index (χ2n) is 5.70. The van der Waals surface area contributed by atoms with Gasteiger partial charge in [-0.1, -0.05) is 6.07 Å². The smallest absolute Gasteiger partial charge is 0.387 e. The van der Waals surface area contributed by atoms with E-state index in [1.807, 2.05) is 13.0 Å². The highest BCUT2D eigenvalue weighted by molar-refractivity contribution is 5.79. The number of nitrogens with one attached hydrogen (secondary N) is 2. The molecule has 2 N–H and O–H groups in total. The summed E-state index contributed by atoms with van der Waals surface area (Å²) in [6.45, 7) is 1.44. The molecule has 2 rings (SSSR count). The second kappa shape index (κ2) is 9.30. The van der Waals surface area contributed by atoms with Crippen molar-refractivity contribution in [2.24, 2.45) is 10.9 Å². The van der Waals surface area contributed by atoms with Crippen molar-refractivity contribution >= 4 is 5.96 Å². The third-order valence-electron chi connectivity index (χ3n) is 3.70. The summed E-state index contributed by atoms with van der Waals surface area (Å²) < 4.78 is 34.4. The van der Waals surface area contributed by atoms with Gasteiger partial charge in [0, 0.05) is 19.6 Å². The van der Waals surface area contributed by atoms with E-state index in [-0.39, 0.29) is 5.75 Å². The molecule has 7 heteroatoms. The monoisotopic (exact) mass is 341 g/mol. The number of methoxy groups -OCH3 is 1. The molecular weight excluding hydrogens is 316 g/mol. The quantitative estimate of drug-likeness (QED) is 0.536. The molecular formula is C17H25F2N3O2. The zero-order valence-corrected chi connectivity index (χ0v) is 14.1. The minimum absolute atomic E-state index is 0.0549. The van der Waals surface area contributed by atoms with Crippen LogP contribution in [-0.2, 0) is 6.42 Å². The third kappa shape index (κ3) is 6.22. The van der Waals surface area contributed by atoms with Crippen molar-refractivity contribution in [1.29, 1.82) is 0 Å². The van der Waals surface area contributed by atoms with Crippen LogP contribution < -0.4 is 20.1 Å². The molecule has 1 fully saturated rings. The topological polar surface area (TPSA) is 54.9 Å². The lowest BCUT2D eigenvalue weighted by Gasteiger charge is -2.13. The van der Waals surface area contributed by atoms with E-state index >= 15 is 0 Å². The standard InChI is InChI=1S/C17H25F2N3O2/c1-3-20-17(22-11-13-4-5-13)21-9-8-12-6-7-14(23-2)15(10-12)24-16(18)19/h6-7,10,13,16H,3-5,8-9,11H2,1-2H3,(H2,20,21,22). The van der Waals surface area contributed by atoms with Crippen molar-refractivity contribution in [3.05, 3.63) is 23.8 Å². The molecule has 1 saturated carbocycles. The highest BCUT2D eigenvalue weighted by Crippen LogP contribution is 2.30. The number of rotatable bonds is 9. The van der Waals surface area contributed by atoms with Crippen molar-refractivity contribution < 1.29 is 18.3 Å². The SMILES string of the molecule is CCNC(=NCC1CC1)NCCc1ccc(OC)c(OC(F)F)c1. The van der Waals surface area contributed by atoms with Crippen LogP contribution in [0.5, 0.6) is 11.5 Å². The van der Waals surface area contributed by atoms with E-state index in [1.165, 1.54) is 20.0 Å². The fraction of sp³-hybridized carbons (Fsp3) is 0.588. The Morgan fingerprint density at radius 3 is 2.71 bits per heavy atom. The summed E-state index contributed by atoms with van der Waals surface area (Å²) in [7, 11) is 1.42. The van der Waals surface area contributed by atoms with Crippen LogP contribution in [0, 0.1) is 5.92 Å². The summed E-state index contributed by atoms with van der Waals surface area (Å²) in [4.78, 5) is 4.54. The average Bonchev–Trinajstić information content (AvgIpc) is 3.36. The Morgan fingerprint density at radius 2 is 2.08 bits per heavy atom. The summed E-state index contributed by atoms with van der Waals surface area (Å²) in [5.41, 5.74) is 0.886. The molecule has 0 saturated heterocycles. The first-order chi connectivity index (χ1) is 11.6. The maximum absolute atomic E-state index is 12.5. The summed E-state index contributed by atoms with van der Waals surface area (Å²) >= 11 is 0. The zero-order chi connectivity index (χ0) is 17.4. The largest absolute Gasteiger partial charge is 0.493 e. The summed E-state index contributed by atoms with van der Waals surface area (Å²) in [5.74, 6) is 1.88. The van der Waals surface area contributed by atoms with Gasteiger partial charge in [0.2, 0.25) is 0 Å². The lowest BCUT2D eigenvalue weighted by atomic mass is 10.1. The first-order valence-corrected chi connectivity index (χ1v) is 8.26. The predicted molar refractivity (Wildman–Crippen MR) is 90.0 cm³/mol. The molecule has 1 aliphatic rings. The number of benzene rings is 1. The molecule has 0 spiro atoms. The molecule has 0 atom stereocenters. The lowest BCUT2D eigenvalue weighted by Crippen LogP contribution is -2.38. The Balaban J connectivity index is 1.88. The van der Waals surface area contributed by atoms with Crippen LogP contribution in [0.4, 0.5) is 8.78 Å². The van der Waals surface area contributed by atoms with E-state index in [0.29, 0.717) is 18.7 Å². The molecule has 1 aromatic rings. The Hall–Kier alpha value is -2.05. The predicted octanol–water partition coefficient (Wildman–Crippen LogP) is 2.80. The number of aliphatic imine (C=N–C) groups is 1. The Kier molecular flexibility index (Phi) is 7.08. The molecule has 1 aromatic carbocycles. The van der Waals surface area contributed by atoms with E-state index in [9.17, 15) is 8.78 Å². The second-order valence-corrected chi connectivity index (χ2v) is 5.70. The molecule has 0 aromatic heterocycles. The molecule has 0 radical (unpaired) electrons. The van der Waals surface area contributed by atoms with Crippen LogP contribution in [0.2, 0.25) is 0 Å². The third-order valence-corrected chi connectivity index (χ3v) is 3.70. The van der Waals surface area contributed by atoms with Gasteiger partial charge >= 0.3 is 6.61 Å². The molecule has 0 aliphatic heterocycles. The molecule has 24 heavy (non-hydrogen) atoms. The van der Waals surface area contributed by atoms with Gasteiger partial charge in [0.25, 0.3) is 0 Å². The Morgan fingerprint density at radius 1 is 1.29 bits per heavy atom. The number of halogens is 2. The fourth-order valence-electron chi connectivity index (χ4n) is 2.25. The molecule has 0 unspecified atom stereocenters. The van der Waals surface area contributed by atoms with Gasteiger partial charge < -0.3 is 20.1 Å². The highest BCUT2D eigenvalue weighted by atomic mass is 19.3.